The van der Waals surface area contributed by atoms with E-state index < -0.39 is 23.5 Å². The minimum Gasteiger partial charge on any atom is -0.444 e. The molecule has 9 heteroatoms. The lowest BCUT2D eigenvalue weighted by molar-refractivity contribution is -0.0969. The van der Waals surface area contributed by atoms with Gasteiger partial charge in [-0.2, -0.15) is 4.98 Å². The number of carbonyl (C=O) groups excluding carboxylic acids is 1. The van der Waals surface area contributed by atoms with Crippen LogP contribution < -0.4 is 10.6 Å². The van der Waals surface area contributed by atoms with Crippen LogP contribution in [0.4, 0.5) is 10.6 Å². The molecule has 1 aromatic rings. The first kappa shape index (κ1) is 25.0. The lowest BCUT2D eigenvalue weighted by Gasteiger charge is -2.28. The van der Waals surface area contributed by atoms with E-state index in [1.54, 1.807) is 0 Å². The first-order valence-electron chi connectivity index (χ1n) is 9.48. The third-order valence-electron chi connectivity index (χ3n) is 3.25. The average molecular weight is 427 g/mol. The lowest BCUT2D eigenvalue weighted by Crippen LogP contribution is -2.45. The second-order valence-electron chi connectivity index (χ2n) is 7.78. The molecule has 162 valence electrons. The molecule has 0 saturated carbocycles. The molecule has 0 aromatic carbocycles. The first-order valence-corrected chi connectivity index (χ1v) is 9.86. The highest BCUT2D eigenvalue weighted by Gasteiger charge is 2.23. The van der Waals surface area contributed by atoms with Crippen LogP contribution in [-0.4, -0.2) is 53.2 Å². The van der Waals surface area contributed by atoms with E-state index in [2.05, 4.69) is 32.4 Å². The highest BCUT2D eigenvalue weighted by Crippen LogP contribution is 2.18. The van der Waals surface area contributed by atoms with Gasteiger partial charge in [0.15, 0.2) is 0 Å². The molecule has 0 aliphatic heterocycles. The van der Waals surface area contributed by atoms with Gasteiger partial charge < -0.3 is 24.8 Å². The van der Waals surface area contributed by atoms with Crippen LogP contribution in [0.1, 0.15) is 54.0 Å². The third-order valence-corrected chi connectivity index (χ3v) is 3.43. The van der Waals surface area contributed by atoms with Crippen LogP contribution in [0.2, 0.25) is 5.28 Å². The Hall–Kier alpha value is -2.08. The number of nitrogens with one attached hydrogen (secondary N) is 2. The molecule has 0 aliphatic carbocycles. The molecule has 2 N–H and O–H groups in total. The lowest BCUT2D eigenvalue weighted by atomic mass is 10.1. The molecular formula is C20H31ClN4O4. The summed E-state index contributed by atoms with van der Waals surface area (Å²) in [6, 6.07) is 0. The Morgan fingerprint density at radius 1 is 1.21 bits per heavy atom. The second kappa shape index (κ2) is 11.2. The van der Waals surface area contributed by atoms with Gasteiger partial charge in [-0.05, 0) is 66.0 Å². The van der Waals surface area contributed by atoms with Crippen molar-refractivity contribution in [2.24, 2.45) is 0 Å². The summed E-state index contributed by atoms with van der Waals surface area (Å²) in [4.78, 5) is 20.1. The predicted octanol–water partition coefficient (Wildman–Crippen LogP) is 3.60. The first-order chi connectivity index (χ1) is 13.5. The standard InChI is InChI=1S/C20H31ClN4O4/c1-8-27-15(28-9-2)11-10-14-12-22-17(21)24-16(14)25-20(6,7)13-23-18(26)29-19(3,4)5/h12,15H,8-9,13H2,1-7H3,(H,23,26)(H,22,24,25). The molecule has 29 heavy (non-hydrogen) atoms. The Bertz CT molecular complexity index is 732. The molecule has 0 bridgehead atoms. The van der Waals surface area contributed by atoms with Crippen molar-refractivity contribution in [3.8, 4) is 11.8 Å². The number of hydrogen-bond acceptors (Lipinski definition) is 7. The molecule has 0 aliphatic rings. The molecule has 0 unspecified atom stereocenters. The van der Waals surface area contributed by atoms with E-state index in [0.29, 0.717) is 24.6 Å². The molecule has 1 rings (SSSR count). The fourth-order valence-electron chi connectivity index (χ4n) is 2.09. The summed E-state index contributed by atoms with van der Waals surface area (Å²) >= 11 is 5.96. The topological polar surface area (TPSA) is 94.6 Å². The molecule has 0 saturated heterocycles. The molecule has 1 aromatic heterocycles. The van der Waals surface area contributed by atoms with Crippen molar-refractivity contribution in [1.29, 1.82) is 0 Å². The Morgan fingerprint density at radius 2 is 1.83 bits per heavy atom. The van der Waals surface area contributed by atoms with Gasteiger partial charge in [0.1, 0.15) is 11.4 Å². The van der Waals surface area contributed by atoms with Crippen molar-refractivity contribution in [2.45, 2.75) is 65.9 Å². The Morgan fingerprint density at radius 3 is 2.38 bits per heavy atom. The monoisotopic (exact) mass is 426 g/mol. The van der Waals surface area contributed by atoms with E-state index in [4.69, 9.17) is 25.8 Å². The van der Waals surface area contributed by atoms with Crippen LogP contribution >= 0.6 is 11.6 Å². The van der Waals surface area contributed by atoms with Crippen molar-refractivity contribution in [2.75, 3.05) is 25.1 Å². The van der Waals surface area contributed by atoms with Crippen molar-refractivity contribution in [3.63, 3.8) is 0 Å². The molecule has 0 fully saturated rings. The van der Waals surface area contributed by atoms with Gasteiger partial charge in [-0.25, -0.2) is 9.78 Å². The smallest absolute Gasteiger partial charge is 0.407 e. The van der Waals surface area contributed by atoms with E-state index in [-0.39, 0.29) is 11.8 Å². The van der Waals surface area contributed by atoms with Crippen molar-refractivity contribution in [1.82, 2.24) is 15.3 Å². The maximum atomic E-state index is 11.9. The number of amides is 1. The number of alkyl carbamates (subject to hydrolysis) is 1. The Labute approximate surface area is 178 Å². The van der Waals surface area contributed by atoms with Gasteiger partial charge in [0, 0.05) is 26.0 Å². The summed E-state index contributed by atoms with van der Waals surface area (Å²) in [5, 5.41) is 6.07. The quantitative estimate of drug-likeness (QED) is 0.372. The van der Waals surface area contributed by atoms with E-state index in [1.165, 1.54) is 6.20 Å². The number of rotatable bonds is 8. The van der Waals surface area contributed by atoms with Gasteiger partial charge in [-0.1, -0.05) is 5.92 Å². The number of halogens is 1. The van der Waals surface area contributed by atoms with Gasteiger partial charge >= 0.3 is 6.09 Å². The van der Waals surface area contributed by atoms with E-state index in [9.17, 15) is 4.79 Å². The van der Waals surface area contributed by atoms with Crippen molar-refractivity contribution < 1.29 is 19.0 Å². The predicted molar refractivity (Wildman–Crippen MR) is 113 cm³/mol. The number of aromatic nitrogens is 2. The zero-order valence-corrected chi connectivity index (χ0v) is 18.9. The van der Waals surface area contributed by atoms with Gasteiger partial charge in [0.2, 0.25) is 11.6 Å². The number of anilines is 1. The minimum atomic E-state index is -0.643. The zero-order valence-electron chi connectivity index (χ0n) is 18.2. The van der Waals surface area contributed by atoms with Crippen LogP contribution in [0.25, 0.3) is 0 Å². The number of carbonyl (C=O) groups is 1. The molecular weight excluding hydrogens is 396 g/mol. The highest BCUT2D eigenvalue weighted by atomic mass is 35.5. The normalized spacial score (nSPS) is 11.6. The SMILES string of the molecule is CCOC(C#Cc1cnc(Cl)nc1NC(C)(C)CNC(=O)OC(C)(C)C)OCC. The van der Waals surface area contributed by atoms with E-state index in [1.807, 2.05) is 48.5 Å². The maximum absolute atomic E-state index is 11.9. The van der Waals surface area contributed by atoms with Gasteiger partial charge in [-0.15, -0.1) is 0 Å². The largest absolute Gasteiger partial charge is 0.444 e. The molecule has 0 radical (unpaired) electrons. The Balaban J connectivity index is 2.92. The minimum absolute atomic E-state index is 0.0834. The Kier molecular flexibility index (Phi) is 9.63. The fraction of sp³-hybridized carbons (Fsp3) is 0.650. The summed E-state index contributed by atoms with van der Waals surface area (Å²) in [5.74, 6) is 6.33. The van der Waals surface area contributed by atoms with E-state index in [0.717, 1.165) is 0 Å². The van der Waals surface area contributed by atoms with Crippen molar-refractivity contribution >= 4 is 23.5 Å². The van der Waals surface area contributed by atoms with Crippen LogP contribution in [-0.2, 0) is 14.2 Å². The summed E-state index contributed by atoms with van der Waals surface area (Å²) in [7, 11) is 0. The number of hydrogen-bond donors (Lipinski definition) is 2. The molecule has 8 nitrogen and oxygen atoms in total. The number of nitrogens with zero attached hydrogens (tertiary/aromatic N) is 2. The summed E-state index contributed by atoms with van der Waals surface area (Å²) in [6.07, 6.45) is 0.386. The average Bonchev–Trinajstić information content (AvgIpc) is 2.58. The van der Waals surface area contributed by atoms with Gasteiger partial charge in [0.05, 0.1) is 11.1 Å². The molecule has 1 amide bonds. The maximum Gasteiger partial charge on any atom is 0.407 e. The summed E-state index contributed by atoms with van der Waals surface area (Å²) in [5.41, 5.74) is -0.601. The van der Waals surface area contributed by atoms with Crippen LogP contribution in [0.5, 0.6) is 0 Å². The second-order valence-corrected chi connectivity index (χ2v) is 8.12. The third kappa shape index (κ3) is 10.3. The molecule has 0 atom stereocenters. The number of ether oxygens (including phenoxy) is 3. The highest BCUT2D eigenvalue weighted by molar-refractivity contribution is 6.28. The molecule has 1 heterocycles. The fourth-order valence-corrected chi connectivity index (χ4v) is 2.22. The molecule has 0 spiro atoms. The summed E-state index contributed by atoms with van der Waals surface area (Å²) in [6.45, 7) is 14.2. The van der Waals surface area contributed by atoms with Crippen LogP contribution in [0.3, 0.4) is 0 Å². The van der Waals surface area contributed by atoms with Crippen LogP contribution in [0.15, 0.2) is 6.20 Å². The van der Waals surface area contributed by atoms with E-state index >= 15 is 0 Å². The van der Waals surface area contributed by atoms with Crippen LogP contribution in [0, 0.1) is 11.8 Å². The zero-order chi connectivity index (χ0) is 22.1. The van der Waals surface area contributed by atoms with Gasteiger partial charge in [-0.3, -0.25) is 0 Å². The van der Waals surface area contributed by atoms with Crippen molar-refractivity contribution in [3.05, 3.63) is 17.0 Å². The summed E-state index contributed by atoms with van der Waals surface area (Å²) < 4.78 is 16.1. The van der Waals surface area contributed by atoms with Gasteiger partial charge in [0.25, 0.3) is 0 Å².